The molecule has 0 aromatic rings. The van der Waals surface area contributed by atoms with Gasteiger partial charge in [0.15, 0.2) is 0 Å². The van der Waals surface area contributed by atoms with E-state index in [1.165, 1.54) is 0 Å². The summed E-state index contributed by atoms with van der Waals surface area (Å²) in [6.45, 7) is 4.79. The lowest BCUT2D eigenvalue weighted by atomic mass is 9.88. The molecule has 2 N–H and O–H groups in total. The Morgan fingerprint density at radius 3 is 2.67 bits per heavy atom. The van der Waals surface area contributed by atoms with E-state index in [0.29, 0.717) is 19.6 Å². The van der Waals surface area contributed by atoms with E-state index in [9.17, 15) is 9.59 Å². The van der Waals surface area contributed by atoms with Crippen LogP contribution >= 0.6 is 0 Å². The zero-order valence-corrected chi connectivity index (χ0v) is 11.2. The molecule has 1 rings (SSSR count). The van der Waals surface area contributed by atoms with E-state index in [0.717, 1.165) is 6.42 Å². The fourth-order valence-corrected chi connectivity index (χ4v) is 1.74. The molecule has 6 heteroatoms. The van der Waals surface area contributed by atoms with Crippen molar-refractivity contribution in [3.05, 3.63) is 0 Å². The van der Waals surface area contributed by atoms with Crippen LogP contribution in [0, 0.1) is 5.41 Å². The Hall–Kier alpha value is -1.30. The lowest BCUT2D eigenvalue weighted by Gasteiger charge is -2.27. The molecule has 0 spiro atoms. The second-order valence-electron chi connectivity index (χ2n) is 5.01. The van der Waals surface area contributed by atoms with Crippen LogP contribution in [0.4, 0.5) is 4.79 Å². The lowest BCUT2D eigenvalue weighted by Crippen LogP contribution is -2.48. The van der Waals surface area contributed by atoms with Crippen molar-refractivity contribution in [2.75, 3.05) is 26.8 Å². The minimum atomic E-state index is -0.914. The molecule has 1 fully saturated rings. The molecule has 2 amide bonds. The van der Waals surface area contributed by atoms with Gasteiger partial charge < -0.3 is 20.1 Å². The predicted octanol–water partition coefficient (Wildman–Crippen LogP) is 0.918. The van der Waals surface area contributed by atoms with Gasteiger partial charge in [-0.3, -0.25) is 4.79 Å². The predicted molar refractivity (Wildman–Crippen MR) is 66.4 cm³/mol. The second kappa shape index (κ2) is 6.04. The van der Waals surface area contributed by atoms with E-state index in [1.54, 1.807) is 25.8 Å². The van der Waals surface area contributed by atoms with E-state index in [2.05, 4.69) is 5.32 Å². The second-order valence-corrected chi connectivity index (χ2v) is 5.01. The molecule has 0 aromatic carbocycles. The molecule has 0 saturated carbocycles. The number of carbonyl (C=O) groups is 2. The molecule has 0 radical (unpaired) electrons. The molecule has 1 saturated heterocycles. The number of nitrogens with zero attached hydrogens (tertiary/aromatic N) is 1. The highest BCUT2D eigenvalue weighted by atomic mass is 16.5. The van der Waals surface area contributed by atoms with Gasteiger partial charge in [-0.25, -0.2) is 4.79 Å². The van der Waals surface area contributed by atoms with Crippen molar-refractivity contribution in [1.29, 1.82) is 0 Å². The number of carbonyl (C=O) groups excluding carboxylic acids is 1. The first kappa shape index (κ1) is 14.8. The summed E-state index contributed by atoms with van der Waals surface area (Å²) in [5.41, 5.74) is -0.914. The number of ether oxygens (including phenoxy) is 1. The maximum absolute atomic E-state index is 11.9. The molecule has 1 aliphatic rings. The Morgan fingerprint density at radius 2 is 2.22 bits per heavy atom. The highest BCUT2D eigenvalue weighted by Gasteiger charge is 2.32. The Balaban J connectivity index is 2.47. The molecule has 2 atom stereocenters. The van der Waals surface area contributed by atoms with Crippen molar-refractivity contribution in [3.8, 4) is 0 Å². The average molecular weight is 258 g/mol. The average Bonchev–Trinajstić information content (AvgIpc) is 2.88. The van der Waals surface area contributed by atoms with Gasteiger partial charge >= 0.3 is 12.0 Å². The third-order valence-electron chi connectivity index (χ3n) is 3.70. The minimum Gasteiger partial charge on any atom is -0.481 e. The number of urea groups is 1. The van der Waals surface area contributed by atoms with E-state index >= 15 is 0 Å². The van der Waals surface area contributed by atoms with Crippen LogP contribution in [0.15, 0.2) is 0 Å². The summed E-state index contributed by atoms with van der Waals surface area (Å²) in [5.74, 6) is -0.892. The van der Waals surface area contributed by atoms with Crippen molar-refractivity contribution in [2.45, 2.75) is 32.7 Å². The summed E-state index contributed by atoms with van der Waals surface area (Å²) < 4.78 is 5.22. The molecule has 0 aliphatic carbocycles. The summed E-state index contributed by atoms with van der Waals surface area (Å²) >= 11 is 0. The molecule has 0 aromatic heterocycles. The normalized spacial score (nSPS) is 22.3. The molecular weight excluding hydrogens is 236 g/mol. The van der Waals surface area contributed by atoms with Crippen molar-refractivity contribution in [3.63, 3.8) is 0 Å². The van der Waals surface area contributed by atoms with Crippen molar-refractivity contribution < 1.29 is 19.4 Å². The number of rotatable bonds is 5. The monoisotopic (exact) mass is 258 g/mol. The van der Waals surface area contributed by atoms with E-state index in [1.807, 2.05) is 0 Å². The first-order valence-electron chi connectivity index (χ1n) is 6.22. The minimum absolute atomic E-state index is 0.0858. The number of carboxylic acid groups (broad SMARTS) is 1. The van der Waals surface area contributed by atoms with Crippen LogP contribution < -0.4 is 5.32 Å². The standard InChI is InChI=1S/C12H22N2O4/c1-4-12(2,10(15)16)8-13-11(17)14(3)9-5-6-18-7-9/h9H,4-8H2,1-3H3,(H,13,17)(H,15,16). The third kappa shape index (κ3) is 3.35. The smallest absolute Gasteiger partial charge is 0.317 e. The molecule has 104 valence electrons. The van der Waals surface area contributed by atoms with Gasteiger partial charge in [0.2, 0.25) is 0 Å². The van der Waals surface area contributed by atoms with E-state index in [4.69, 9.17) is 9.84 Å². The molecule has 18 heavy (non-hydrogen) atoms. The van der Waals surface area contributed by atoms with E-state index < -0.39 is 11.4 Å². The van der Waals surface area contributed by atoms with Crippen LogP contribution in [0.2, 0.25) is 0 Å². The van der Waals surface area contributed by atoms with Gasteiger partial charge in [0.1, 0.15) is 0 Å². The van der Waals surface area contributed by atoms with Crippen LogP contribution in [-0.2, 0) is 9.53 Å². The maximum Gasteiger partial charge on any atom is 0.317 e. The number of hydrogen-bond acceptors (Lipinski definition) is 3. The molecule has 1 heterocycles. The summed E-state index contributed by atoms with van der Waals surface area (Å²) in [7, 11) is 1.71. The van der Waals surface area contributed by atoms with Gasteiger partial charge in [0.25, 0.3) is 0 Å². The highest BCUT2D eigenvalue weighted by molar-refractivity contribution is 5.77. The third-order valence-corrected chi connectivity index (χ3v) is 3.70. The van der Waals surface area contributed by atoms with Gasteiger partial charge in [-0.1, -0.05) is 6.92 Å². The number of likely N-dealkylation sites (N-methyl/N-ethyl adjacent to an activating group) is 1. The van der Waals surface area contributed by atoms with Crippen LogP contribution in [0.1, 0.15) is 26.7 Å². The van der Waals surface area contributed by atoms with Gasteiger partial charge in [-0.05, 0) is 19.8 Å². The molecule has 6 nitrogen and oxygen atoms in total. The van der Waals surface area contributed by atoms with Crippen LogP contribution in [0.5, 0.6) is 0 Å². The Labute approximate surface area is 107 Å². The van der Waals surface area contributed by atoms with Gasteiger partial charge in [-0.15, -0.1) is 0 Å². The van der Waals surface area contributed by atoms with Crippen LogP contribution in [-0.4, -0.2) is 54.9 Å². The van der Waals surface area contributed by atoms with Crippen molar-refractivity contribution in [1.82, 2.24) is 10.2 Å². The SMILES string of the molecule is CCC(C)(CNC(=O)N(C)C1CCOC1)C(=O)O. The topological polar surface area (TPSA) is 78.9 Å². The first-order valence-corrected chi connectivity index (χ1v) is 6.22. The summed E-state index contributed by atoms with van der Waals surface area (Å²) in [4.78, 5) is 24.6. The fraction of sp³-hybridized carbons (Fsp3) is 0.833. The number of amides is 2. The molecular formula is C12H22N2O4. The Bertz CT molecular complexity index is 315. The number of aliphatic carboxylic acids is 1. The zero-order valence-electron chi connectivity index (χ0n) is 11.2. The summed E-state index contributed by atoms with van der Waals surface area (Å²) in [6.07, 6.45) is 1.30. The zero-order chi connectivity index (χ0) is 13.8. The number of hydrogen-bond donors (Lipinski definition) is 2. The quantitative estimate of drug-likeness (QED) is 0.768. The maximum atomic E-state index is 11.9. The number of carboxylic acids is 1. The van der Waals surface area contributed by atoms with Crippen LogP contribution in [0.3, 0.4) is 0 Å². The lowest BCUT2D eigenvalue weighted by molar-refractivity contribution is -0.147. The Morgan fingerprint density at radius 1 is 1.56 bits per heavy atom. The summed E-state index contributed by atoms with van der Waals surface area (Å²) in [6, 6.07) is -0.158. The van der Waals surface area contributed by atoms with Crippen LogP contribution in [0.25, 0.3) is 0 Å². The largest absolute Gasteiger partial charge is 0.481 e. The van der Waals surface area contributed by atoms with Gasteiger partial charge in [0, 0.05) is 20.2 Å². The Kier molecular flexibility index (Phi) is 4.95. The van der Waals surface area contributed by atoms with E-state index in [-0.39, 0.29) is 18.6 Å². The number of nitrogens with one attached hydrogen (secondary N) is 1. The first-order chi connectivity index (χ1) is 8.40. The molecule has 2 unspecified atom stereocenters. The fourth-order valence-electron chi connectivity index (χ4n) is 1.74. The van der Waals surface area contributed by atoms with Gasteiger partial charge in [0.05, 0.1) is 18.1 Å². The van der Waals surface area contributed by atoms with Crippen molar-refractivity contribution >= 4 is 12.0 Å². The molecule has 1 aliphatic heterocycles. The highest BCUT2D eigenvalue weighted by Crippen LogP contribution is 2.20. The molecule has 0 bridgehead atoms. The van der Waals surface area contributed by atoms with Gasteiger partial charge in [-0.2, -0.15) is 0 Å². The summed E-state index contributed by atoms with van der Waals surface area (Å²) in [5, 5.41) is 11.8. The van der Waals surface area contributed by atoms with Crippen molar-refractivity contribution in [2.24, 2.45) is 5.41 Å².